The Morgan fingerprint density at radius 2 is 1.73 bits per heavy atom. The third-order valence-electron chi connectivity index (χ3n) is 5.39. The Morgan fingerprint density at radius 1 is 1.09 bits per heavy atom. The summed E-state index contributed by atoms with van der Waals surface area (Å²) in [4.78, 5) is 27.7. The summed E-state index contributed by atoms with van der Waals surface area (Å²) in [5.74, 6) is -0.703. The van der Waals surface area contributed by atoms with E-state index in [1.165, 1.54) is 4.90 Å². The molecule has 0 fully saturated rings. The lowest BCUT2D eigenvalue weighted by Gasteiger charge is -2.32. The molecule has 0 radical (unpaired) electrons. The second-order valence-corrected chi connectivity index (χ2v) is 11.2. The monoisotopic (exact) mass is 585 g/mol. The first-order valence-electron chi connectivity index (χ1n) is 10.9. The Balaban J connectivity index is 2.35. The number of carbonyl (C=O) groups is 2. The van der Waals surface area contributed by atoms with Gasteiger partial charge in [-0.3, -0.25) is 13.9 Å². The Kier molecular flexibility index (Phi) is 10.2. The largest absolute Gasteiger partial charge is 0.354 e. The van der Waals surface area contributed by atoms with E-state index in [0.29, 0.717) is 12.2 Å². The van der Waals surface area contributed by atoms with Crippen LogP contribution in [0.2, 0.25) is 0 Å². The Bertz CT molecular complexity index is 1060. The quantitative estimate of drug-likeness (QED) is 0.322. The van der Waals surface area contributed by atoms with Crippen LogP contribution >= 0.6 is 22.6 Å². The summed E-state index contributed by atoms with van der Waals surface area (Å²) in [6.45, 7) is 6.00. The highest BCUT2D eigenvalue weighted by Gasteiger charge is 2.30. The predicted molar refractivity (Wildman–Crippen MR) is 140 cm³/mol. The normalized spacial score (nSPS) is 12.2. The summed E-state index contributed by atoms with van der Waals surface area (Å²) in [6, 6.07) is 13.8. The average molecular weight is 586 g/mol. The van der Waals surface area contributed by atoms with E-state index in [1.54, 1.807) is 31.2 Å². The molecule has 2 aromatic rings. The van der Waals surface area contributed by atoms with Crippen molar-refractivity contribution in [3.05, 3.63) is 63.2 Å². The lowest BCUT2D eigenvalue weighted by Crippen LogP contribution is -2.51. The van der Waals surface area contributed by atoms with E-state index in [-0.39, 0.29) is 12.5 Å². The minimum atomic E-state index is -3.72. The summed E-state index contributed by atoms with van der Waals surface area (Å²) in [5, 5.41) is 2.88. The van der Waals surface area contributed by atoms with Crippen LogP contribution in [0.3, 0.4) is 0 Å². The molecule has 0 aliphatic carbocycles. The van der Waals surface area contributed by atoms with Crippen LogP contribution in [-0.4, -0.2) is 50.5 Å². The predicted octanol–water partition coefficient (Wildman–Crippen LogP) is 3.70. The van der Waals surface area contributed by atoms with Crippen molar-refractivity contribution in [2.45, 2.75) is 46.2 Å². The second-order valence-electron chi connectivity index (χ2n) is 8.01. The highest BCUT2D eigenvalue weighted by atomic mass is 127. The van der Waals surface area contributed by atoms with Crippen LogP contribution in [0, 0.1) is 10.5 Å². The second kappa shape index (κ2) is 12.4. The van der Waals surface area contributed by atoms with Crippen molar-refractivity contribution in [1.82, 2.24) is 10.2 Å². The fourth-order valence-corrected chi connectivity index (χ4v) is 4.52. The van der Waals surface area contributed by atoms with Gasteiger partial charge in [0.05, 0.1) is 11.9 Å². The standard InChI is InChI=1S/C24H32IN3O4S/c1-5-6-15-26-24(30)19(3)27(16-20-10-8-7-9-18(20)2)23(29)17-28(33(4,31)32)22-13-11-21(25)12-14-22/h7-14,19H,5-6,15-17H2,1-4H3,(H,26,30)/t19-/m1/s1. The number of nitrogens with one attached hydrogen (secondary N) is 1. The fraction of sp³-hybridized carbons (Fsp3) is 0.417. The number of anilines is 1. The molecule has 0 aromatic heterocycles. The van der Waals surface area contributed by atoms with Crippen LogP contribution in [-0.2, 0) is 26.2 Å². The molecule has 9 heteroatoms. The number of benzene rings is 2. The van der Waals surface area contributed by atoms with Gasteiger partial charge in [0.2, 0.25) is 21.8 Å². The number of amides is 2. The van der Waals surface area contributed by atoms with E-state index in [9.17, 15) is 18.0 Å². The van der Waals surface area contributed by atoms with Gasteiger partial charge in [-0.2, -0.15) is 0 Å². The van der Waals surface area contributed by atoms with Crippen LogP contribution in [0.15, 0.2) is 48.5 Å². The molecule has 0 aliphatic heterocycles. The summed E-state index contributed by atoms with van der Waals surface area (Å²) < 4.78 is 27.1. The molecule has 0 unspecified atom stereocenters. The molecule has 1 N–H and O–H groups in total. The van der Waals surface area contributed by atoms with E-state index in [2.05, 4.69) is 27.9 Å². The highest BCUT2D eigenvalue weighted by Crippen LogP contribution is 2.21. The molecule has 180 valence electrons. The van der Waals surface area contributed by atoms with Crippen molar-refractivity contribution in [3.8, 4) is 0 Å². The number of sulfonamides is 1. The molecule has 0 heterocycles. The minimum Gasteiger partial charge on any atom is -0.354 e. The smallest absolute Gasteiger partial charge is 0.244 e. The third-order valence-corrected chi connectivity index (χ3v) is 7.25. The lowest BCUT2D eigenvalue weighted by molar-refractivity contribution is -0.139. The van der Waals surface area contributed by atoms with Crippen molar-refractivity contribution in [2.24, 2.45) is 0 Å². The van der Waals surface area contributed by atoms with Gasteiger partial charge in [0, 0.05) is 16.7 Å². The summed E-state index contributed by atoms with van der Waals surface area (Å²) in [5.41, 5.74) is 2.30. The Hall–Kier alpha value is -2.14. The summed E-state index contributed by atoms with van der Waals surface area (Å²) in [7, 11) is -3.72. The molecule has 2 rings (SSSR count). The van der Waals surface area contributed by atoms with Crippen LogP contribution < -0.4 is 9.62 Å². The zero-order valence-corrected chi connectivity index (χ0v) is 22.5. The Morgan fingerprint density at radius 3 is 2.30 bits per heavy atom. The SMILES string of the molecule is CCCCNC(=O)[C@@H](C)N(Cc1ccccc1C)C(=O)CN(c1ccc(I)cc1)S(C)(=O)=O. The van der Waals surface area contributed by atoms with Crippen LogP contribution in [0.5, 0.6) is 0 Å². The molecule has 0 spiro atoms. The van der Waals surface area contributed by atoms with Gasteiger partial charge in [-0.05, 0) is 78.3 Å². The van der Waals surface area contributed by atoms with Gasteiger partial charge in [-0.25, -0.2) is 8.42 Å². The molecule has 2 aromatic carbocycles. The van der Waals surface area contributed by atoms with E-state index in [0.717, 1.165) is 38.1 Å². The van der Waals surface area contributed by atoms with Gasteiger partial charge >= 0.3 is 0 Å². The van der Waals surface area contributed by atoms with Crippen molar-refractivity contribution in [2.75, 3.05) is 23.7 Å². The van der Waals surface area contributed by atoms with Gasteiger partial charge in [0.15, 0.2) is 0 Å². The van der Waals surface area contributed by atoms with Crippen LogP contribution in [0.1, 0.15) is 37.8 Å². The summed E-state index contributed by atoms with van der Waals surface area (Å²) >= 11 is 2.13. The van der Waals surface area contributed by atoms with Crippen molar-refractivity contribution in [3.63, 3.8) is 0 Å². The molecule has 0 saturated carbocycles. The highest BCUT2D eigenvalue weighted by molar-refractivity contribution is 14.1. The first-order chi connectivity index (χ1) is 15.5. The number of halogens is 1. The number of hydrogen-bond donors (Lipinski definition) is 1. The molecule has 2 amide bonds. The zero-order valence-electron chi connectivity index (χ0n) is 19.5. The van der Waals surface area contributed by atoms with Crippen molar-refractivity contribution < 1.29 is 18.0 Å². The van der Waals surface area contributed by atoms with Gasteiger partial charge < -0.3 is 10.2 Å². The van der Waals surface area contributed by atoms with Gasteiger partial charge in [0.25, 0.3) is 0 Å². The van der Waals surface area contributed by atoms with Crippen molar-refractivity contribution >= 4 is 50.1 Å². The molecule has 0 bridgehead atoms. The topological polar surface area (TPSA) is 86.8 Å². The minimum absolute atomic E-state index is 0.207. The molecule has 0 saturated heterocycles. The number of unbranched alkanes of at least 4 members (excludes halogenated alkanes) is 1. The third kappa shape index (κ3) is 7.99. The number of carbonyl (C=O) groups excluding carboxylic acids is 2. The summed E-state index contributed by atoms with van der Waals surface area (Å²) in [6.07, 6.45) is 2.86. The van der Waals surface area contributed by atoms with Crippen LogP contribution in [0.25, 0.3) is 0 Å². The molecule has 1 atom stereocenters. The molecule has 7 nitrogen and oxygen atoms in total. The van der Waals surface area contributed by atoms with E-state index in [1.807, 2.05) is 38.1 Å². The van der Waals surface area contributed by atoms with E-state index >= 15 is 0 Å². The zero-order chi connectivity index (χ0) is 24.6. The number of rotatable bonds is 11. The van der Waals surface area contributed by atoms with Gasteiger partial charge in [-0.1, -0.05) is 37.6 Å². The molecular formula is C24H32IN3O4S. The lowest BCUT2D eigenvalue weighted by atomic mass is 10.1. The number of aryl methyl sites for hydroxylation is 1. The maximum absolute atomic E-state index is 13.5. The van der Waals surface area contributed by atoms with E-state index in [4.69, 9.17) is 0 Å². The maximum Gasteiger partial charge on any atom is 0.244 e. The molecule has 0 aliphatic rings. The first-order valence-corrected chi connectivity index (χ1v) is 13.8. The van der Waals surface area contributed by atoms with E-state index < -0.39 is 28.5 Å². The molecular weight excluding hydrogens is 553 g/mol. The number of hydrogen-bond acceptors (Lipinski definition) is 4. The van der Waals surface area contributed by atoms with Gasteiger partial charge in [0.1, 0.15) is 12.6 Å². The first kappa shape index (κ1) is 27.1. The molecule has 33 heavy (non-hydrogen) atoms. The number of nitrogens with zero attached hydrogens (tertiary/aromatic N) is 2. The maximum atomic E-state index is 13.5. The van der Waals surface area contributed by atoms with Gasteiger partial charge in [-0.15, -0.1) is 0 Å². The van der Waals surface area contributed by atoms with Crippen molar-refractivity contribution in [1.29, 1.82) is 0 Å². The Labute approximate surface area is 210 Å². The average Bonchev–Trinajstić information content (AvgIpc) is 2.76. The van der Waals surface area contributed by atoms with Crippen LogP contribution in [0.4, 0.5) is 5.69 Å². The fourth-order valence-electron chi connectivity index (χ4n) is 3.31.